The average Bonchev–Trinajstić information content (AvgIpc) is 3.24. The van der Waals surface area contributed by atoms with E-state index in [0.717, 1.165) is 32.1 Å². The van der Waals surface area contributed by atoms with Crippen LogP contribution >= 0.6 is 0 Å². The molecule has 0 aromatic heterocycles. The number of carbonyl (C=O) groups is 3. The summed E-state index contributed by atoms with van der Waals surface area (Å²) in [6, 6.07) is 4.97. The summed E-state index contributed by atoms with van der Waals surface area (Å²) in [6.07, 6.45) is 5.89. The molecule has 0 aliphatic carbocycles. The number of halogens is 1. The predicted molar refractivity (Wildman–Crippen MR) is 114 cm³/mol. The van der Waals surface area contributed by atoms with E-state index in [9.17, 15) is 18.8 Å². The summed E-state index contributed by atoms with van der Waals surface area (Å²) < 4.78 is 12.9. The Balaban J connectivity index is 1.73. The number of hydrogen-bond acceptors (Lipinski definition) is 3. The molecule has 7 heteroatoms. The summed E-state index contributed by atoms with van der Waals surface area (Å²) in [7, 11) is 0. The Morgan fingerprint density at radius 2 is 1.80 bits per heavy atom. The predicted octanol–water partition coefficient (Wildman–Crippen LogP) is 3.27. The Kier molecular flexibility index (Phi) is 9.77. The van der Waals surface area contributed by atoms with E-state index < -0.39 is 0 Å². The highest BCUT2D eigenvalue weighted by Gasteiger charge is 2.36. The SMILES string of the molecule is CCCC[C@H](CC)C(=O)N1CCC[C@H]1C(=O)NCCCNC(=O)c1ccc(F)cc1. The van der Waals surface area contributed by atoms with E-state index in [1.165, 1.54) is 24.3 Å². The number of amides is 3. The number of nitrogens with zero attached hydrogens (tertiary/aromatic N) is 1. The van der Waals surface area contributed by atoms with Crippen LogP contribution in [0.2, 0.25) is 0 Å². The van der Waals surface area contributed by atoms with Crippen molar-refractivity contribution in [2.24, 2.45) is 5.92 Å². The summed E-state index contributed by atoms with van der Waals surface area (Å²) in [4.78, 5) is 39.2. The molecule has 1 aliphatic rings. The van der Waals surface area contributed by atoms with E-state index in [1.807, 2.05) is 6.92 Å². The molecule has 1 saturated heterocycles. The van der Waals surface area contributed by atoms with Crippen molar-refractivity contribution < 1.29 is 18.8 Å². The Labute approximate surface area is 178 Å². The summed E-state index contributed by atoms with van der Waals surface area (Å²) >= 11 is 0. The Morgan fingerprint density at radius 1 is 1.10 bits per heavy atom. The minimum Gasteiger partial charge on any atom is -0.354 e. The zero-order chi connectivity index (χ0) is 21.9. The number of rotatable bonds is 11. The van der Waals surface area contributed by atoms with Crippen LogP contribution in [0.4, 0.5) is 4.39 Å². The smallest absolute Gasteiger partial charge is 0.251 e. The monoisotopic (exact) mass is 419 g/mol. The van der Waals surface area contributed by atoms with Gasteiger partial charge in [-0.3, -0.25) is 14.4 Å². The molecule has 1 aromatic rings. The lowest BCUT2D eigenvalue weighted by Crippen LogP contribution is -2.48. The second-order valence-electron chi connectivity index (χ2n) is 7.84. The van der Waals surface area contributed by atoms with Gasteiger partial charge in [-0.25, -0.2) is 4.39 Å². The van der Waals surface area contributed by atoms with Crippen LogP contribution in [0.5, 0.6) is 0 Å². The van der Waals surface area contributed by atoms with Gasteiger partial charge in [-0.1, -0.05) is 26.7 Å². The van der Waals surface area contributed by atoms with Crippen molar-refractivity contribution in [1.29, 1.82) is 0 Å². The van der Waals surface area contributed by atoms with E-state index in [0.29, 0.717) is 38.0 Å². The van der Waals surface area contributed by atoms with Crippen molar-refractivity contribution in [3.05, 3.63) is 35.6 Å². The maximum Gasteiger partial charge on any atom is 0.251 e. The lowest BCUT2D eigenvalue weighted by atomic mass is 9.97. The third-order valence-corrected chi connectivity index (χ3v) is 5.63. The molecule has 2 atom stereocenters. The van der Waals surface area contributed by atoms with Gasteiger partial charge in [0.25, 0.3) is 5.91 Å². The molecule has 6 nitrogen and oxygen atoms in total. The summed E-state index contributed by atoms with van der Waals surface area (Å²) in [5.74, 6) is -0.665. The summed E-state index contributed by atoms with van der Waals surface area (Å²) in [6.45, 7) is 5.62. The van der Waals surface area contributed by atoms with Gasteiger partial charge in [-0.05, 0) is 56.4 Å². The van der Waals surface area contributed by atoms with Gasteiger partial charge >= 0.3 is 0 Å². The highest BCUT2D eigenvalue weighted by atomic mass is 19.1. The quantitative estimate of drug-likeness (QED) is 0.541. The number of nitrogens with one attached hydrogen (secondary N) is 2. The number of carbonyl (C=O) groups excluding carboxylic acids is 3. The minimum absolute atomic E-state index is 0.0000222. The maximum absolute atomic E-state index is 12.9. The van der Waals surface area contributed by atoms with Gasteiger partial charge in [0.15, 0.2) is 0 Å². The molecule has 1 heterocycles. The molecule has 1 aromatic carbocycles. The molecule has 1 fully saturated rings. The van der Waals surface area contributed by atoms with E-state index in [1.54, 1.807) is 4.90 Å². The van der Waals surface area contributed by atoms with Crippen molar-refractivity contribution in [1.82, 2.24) is 15.5 Å². The fraction of sp³-hybridized carbons (Fsp3) is 0.609. The van der Waals surface area contributed by atoms with Crippen molar-refractivity contribution in [3.63, 3.8) is 0 Å². The van der Waals surface area contributed by atoms with E-state index >= 15 is 0 Å². The Morgan fingerprint density at radius 3 is 2.47 bits per heavy atom. The van der Waals surface area contributed by atoms with Gasteiger partial charge in [0.05, 0.1) is 0 Å². The molecular weight excluding hydrogens is 385 g/mol. The average molecular weight is 420 g/mol. The van der Waals surface area contributed by atoms with Gasteiger partial charge in [0.2, 0.25) is 11.8 Å². The van der Waals surface area contributed by atoms with Gasteiger partial charge < -0.3 is 15.5 Å². The van der Waals surface area contributed by atoms with Crippen LogP contribution in [0, 0.1) is 11.7 Å². The third-order valence-electron chi connectivity index (χ3n) is 5.63. The van der Waals surface area contributed by atoms with Crippen LogP contribution in [-0.2, 0) is 9.59 Å². The van der Waals surface area contributed by atoms with Crippen LogP contribution in [0.15, 0.2) is 24.3 Å². The number of benzene rings is 1. The lowest BCUT2D eigenvalue weighted by Gasteiger charge is -2.28. The molecule has 0 radical (unpaired) electrons. The van der Waals surface area contributed by atoms with Crippen LogP contribution in [0.1, 0.15) is 69.2 Å². The van der Waals surface area contributed by atoms with Crippen LogP contribution in [-0.4, -0.2) is 48.3 Å². The first-order valence-corrected chi connectivity index (χ1v) is 11.1. The number of hydrogen-bond donors (Lipinski definition) is 2. The molecule has 2 N–H and O–H groups in total. The first kappa shape index (κ1) is 23.8. The van der Waals surface area contributed by atoms with Crippen molar-refractivity contribution in [2.75, 3.05) is 19.6 Å². The van der Waals surface area contributed by atoms with E-state index in [2.05, 4.69) is 17.6 Å². The molecule has 1 aliphatic heterocycles. The fourth-order valence-electron chi connectivity index (χ4n) is 3.81. The first-order valence-electron chi connectivity index (χ1n) is 11.1. The van der Waals surface area contributed by atoms with Gasteiger partial charge in [-0.2, -0.15) is 0 Å². The lowest BCUT2D eigenvalue weighted by molar-refractivity contribution is -0.141. The molecule has 0 saturated carbocycles. The molecule has 0 bridgehead atoms. The highest BCUT2D eigenvalue weighted by molar-refractivity contribution is 5.94. The second-order valence-corrected chi connectivity index (χ2v) is 7.84. The molecule has 0 spiro atoms. The normalized spacial score (nSPS) is 16.9. The number of unbranched alkanes of at least 4 members (excludes halogenated alkanes) is 1. The fourth-order valence-corrected chi connectivity index (χ4v) is 3.81. The Hall–Kier alpha value is -2.44. The second kappa shape index (κ2) is 12.3. The van der Waals surface area contributed by atoms with Gasteiger partial charge in [0.1, 0.15) is 11.9 Å². The zero-order valence-corrected chi connectivity index (χ0v) is 18.1. The van der Waals surface area contributed by atoms with Gasteiger partial charge in [0, 0.05) is 31.1 Å². The van der Waals surface area contributed by atoms with Crippen LogP contribution in [0.25, 0.3) is 0 Å². The minimum atomic E-state index is -0.387. The molecule has 166 valence electrons. The van der Waals surface area contributed by atoms with Crippen LogP contribution in [0.3, 0.4) is 0 Å². The largest absolute Gasteiger partial charge is 0.354 e. The highest BCUT2D eigenvalue weighted by Crippen LogP contribution is 2.23. The molecule has 30 heavy (non-hydrogen) atoms. The van der Waals surface area contributed by atoms with E-state index in [-0.39, 0.29) is 35.5 Å². The first-order chi connectivity index (χ1) is 14.5. The summed E-state index contributed by atoms with van der Waals surface area (Å²) in [5, 5.41) is 5.65. The van der Waals surface area contributed by atoms with Crippen molar-refractivity contribution in [3.8, 4) is 0 Å². The van der Waals surface area contributed by atoms with Gasteiger partial charge in [-0.15, -0.1) is 0 Å². The maximum atomic E-state index is 12.9. The number of likely N-dealkylation sites (tertiary alicyclic amines) is 1. The summed E-state index contributed by atoms with van der Waals surface area (Å²) in [5.41, 5.74) is 0.397. The Bertz CT molecular complexity index is 708. The molecule has 3 amide bonds. The molecular formula is C23H34FN3O3. The molecule has 0 unspecified atom stereocenters. The standard InChI is InChI=1S/C23H34FN3O3/c1-3-5-8-17(4-2)23(30)27-16-6-9-20(27)22(29)26-15-7-14-25-21(28)18-10-12-19(24)13-11-18/h10-13,17,20H,3-9,14-16H2,1-2H3,(H,25,28)(H,26,29)/t17-,20-/m0/s1. The topological polar surface area (TPSA) is 78.5 Å². The van der Waals surface area contributed by atoms with Crippen molar-refractivity contribution in [2.45, 2.75) is 64.8 Å². The van der Waals surface area contributed by atoms with E-state index in [4.69, 9.17) is 0 Å². The van der Waals surface area contributed by atoms with Crippen LogP contribution < -0.4 is 10.6 Å². The van der Waals surface area contributed by atoms with Crippen molar-refractivity contribution >= 4 is 17.7 Å². The molecule has 2 rings (SSSR count). The zero-order valence-electron chi connectivity index (χ0n) is 18.1. The third kappa shape index (κ3) is 6.82.